The van der Waals surface area contributed by atoms with Gasteiger partial charge in [-0.3, -0.25) is 9.59 Å². The van der Waals surface area contributed by atoms with Crippen molar-refractivity contribution < 1.29 is 49.3 Å². The zero-order valence-corrected chi connectivity index (χ0v) is 59.5. The minimum absolute atomic E-state index is 0.122. The molecule has 0 radical (unpaired) electrons. The summed E-state index contributed by atoms with van der Waals surface area (Å²) in [6, 6.07) is -1.03. The lowest BCUT2D eigenvalue weighted by Gasteiger charge is -2.41. The third-order valence-electron chi connectivity index (χ3n) is 18.4. The molecule has 0 spiro atoms. The van der Waals surface area contributed by atoms with E-state index in [4.69, 9.17) is 14.2 Å². The summed E-state index contributed by atoms with van der Waals surface area (Å²) in [5, 5.41) is 57.4. The van der Waals surface area contributed by atoms with E-state index in [0.29, 0.717) is 19.3 Å². The number of carbonyl (C=O) groups excluding carboxylic acids is 2. The maximum atomic E-state index is 13.5. The highest BCUT2D eigenvalue weighted by Crippen LogP contribution is 2.27. The van der Waals surface area contributed by atoms with Gasteiger partial charge < -0.3 is 45.1 Å². The zero-order valence-electron chi connectivity index (χ0n) is 59.5. The summed E-state index contributed by atoms with van der Waals surface area (Å²) in [6.07, 6.45) is 76.9. The van der Waals surface area contributed by atoms with Crippen molar-refractivity contribution in [1.82, 2.24) is 5.32 Å². The van der Waals surface area contributed by atoms with E-state index in [1.54, 1.807) is 6.08 Å². The second kappa shape index (κ2) is 67.3. The number of nitrogens with one attached hydrogen (secondary N) is 1. The average Bonchev–Trinajstić information content (AvgIpc) is 1.09. The van der Waals surface area contributed by atoms with Crippen LogP contribution in [0.2, 0.25) is 0 Å². The summed E-state index contributed by atoms with van der Waals surface area (Å²) in [4.78, 5) is 26.8. The summed E-state index contributed by atoms with van der Waals surface area (Å²) >= 11 is 0. The molecule has 11 nitrogen and oxygen atoms in total. The Morgan fingerprint density at radius 1 is 0.429 bits per heavy atom. The summed E-state index contributed by atoms with van der Waals surface area (Å²) in [5.74, 6) is -1.18. The topological polar surface area (TPSA) is 175 Å². The molecule has 1 amide bonds. The average molecular weight is 1280 g/mol. The highest BCUT2D eigenvalue weighted by Gasteiger charge is 2.47. The van der Waals surface area contributed by atoms with Crippen molar-refractivity contribution in [1.29, 1.82) is 0 Å². The lowest BCUT2D eigenvalue weighted by atomic mass is 9.99. The van der Waals surface area contributed by atoms with Crippen molar-refractivity contribution in [2.24, 2.45) is 0 Å². The number of aliphatic hydroxyl groups is 5. The van der Waals surface area contributed by atoms with E-state index >= 15 is 0 Å². The number of aliphatic hydroxyl groups excluding tert-OH is 5. The number of rotatable bonds is 68. The summed E-state index contributed by atoms with van der Waals surface area (Å²) in [5.41, 5.74) is 0. The van der Waals surface area contributed by atoms with Crippen molar-refractivity contribution in [3.05, 3.63) is 60.8 Å². The molecule has 91 heavy (non-hydrogen) atoms. The molecule has 11 heteroatoms. The van der Waals surface area contributed by atoms with Gasteiger partial charge in [-0.25, -0.2) is 0 Å². The number of hydrogen-bond donors (Lipinski definition) is 6. The molecule has 0 aromatic carbocycles. The standard InChI is InChI=1S/C80H147NO10/c1-4-7-10-13-16-19-22-25-27-29-31-33-35-37-39-41-43-45-47-50-53-56-59-62-65-68-75(85)91-78-77(87)76(86)74(69-82)90-80(78)89-70-71(72(83)66-63-60-57-54-51-48-24-21-18-15-12-9-6-3)81-79(88)73(84)67-64-61-58-55-52-49-46-44-42-40-38-36-34-32-30-28-26-23-20-17-14-11-8-5-2/h16,19,25-28,31,33,63,66,71-74,76-78,80,82-84,86-87H,4-15,17-18,20-24,29-30,32,34-62,64-65,67-70H2,1-3H3,(H,81,88)/b19-16-,27-25-,28-26+,33-31-,66-63+. The highest BCUT2D eigenvalue weighted by atomic mass is 16.7. The number of esters is 1. The van der Waals surface area contributed by atoms with Crippen LogP contribution < -0.4 is 5.32 Å². The Hall–Kier alpha value is -2.64. The summed E-state index contributed by atoms with van der Waals surface area (Å²) < 4.78 is 17.8. The predicted molar refractivity (Wildman–Crippen MR) is 384 cm³/mol. The van der Waals surface area contributed by atoms with Crippen LogP contribution in [0.15, 0.2) is 60.8 Å². The molecule has 1 rings (SSSR count). The SMILES string of the molecule is CCCCC/C=C\C/C=C\C/C=C\CCCCCCCCCCCCCCC(=O)OC1C(OCC(NC(=O)C(O)CCCCCCCCCCCCCCCC/C=C/CCCCCCCC)C(O)/C=C/CCCCCCCCCCCCC)OC(CO)C(O)C1O. The second-order valence-corrected chi connectivity index (χ2v) is 27.1. The summed E-state index contributed by atoms with van der Waals surface area (Å²) in [6.45, 7) is 5.82. The van der Waals surface area contributed by atoms with Gasteiger partial charge in [0.15, 0.2) is 12.4 Å². The molecule has 1 fully saturated rings. The smallest absolute Gasteiger partial charge is 0.306 e. The Morgan fingerprint density at radius 3 is 1.16 bits per heavy atom. The first-order valence-electron chi connectivity index (χ1n) is 39.1. The Morgan fingerprint density at radius 2 is 0.758 bits per heavy atom. The molecule has 8 unspecified atom stereocenters. The van der Waals surface area contributed by atoms with Gasteiger partial charge in [0.05, 0.1) is 25.4 Å². The van der Waals surface area contributed by atoms with E-state index < -0.39 is 67.4 Å². The van der Waals surface area contributed by atoms with Gasteiger partial charge in [0, 0.05) is 6.42 Å². The number of allylic oxidation sites excluding steroid dienone is 9. The van der Waals surface area contributed by atoms with E-state index in [0.717, 1.165) is 70.6 Å². The van der Waals surface area contributed by atoms with E-state index in [1.807, 2.05) is 6.08 Å². The van der Waals surface area contributed by atoms with Crippen molar-refractivity contribution in [2.45, 2.75) is 423 Å². The lowest BCUT2D eigenvalue weighted by molar-refractivity contribution is -0.305. The molecule has 0 saturated carbocycles. The van der Waals surface area contributed by atoms with Crippen LogP contribution in [-0.4, -0.2) is 99.6 Å². The van der Waals surface area contributed by atoms with Gasteiger partial charge in [-0.2, -0.15) is 0 Å². The van der Waals surface area contributed by atoms with Crippen molar-refractivity contribution in [3.63, 3.8) is 0 Å². The fraction of sp³-hybridized carbons (Fsp3) is 0.850. The van der Waals surface area contributed by atoms with Gasteiger partial charge >= 0.3 is 5.97 Å². The van der Waals surface area contributed by atoms with Crippen LogP contribution in [0.4, 0.5) is 0 Å². The largest absolute Gasteiger partial charge is 0.454 e. The molecule has 0 aromatic rings. The van der Waals surface area contributed by atoms with Crippen LogP contribution >= 0.6 is 0 Å². The maximum absolute atomic E-state index is 13.5. The maximum Gasteiger partial charge on any atom is 0.306 e. The Bertz CT molecular complexity index is 1720. The summed E-state index contributed by atoms with van der Waals surface area (Å²) in [7, 11) is 0. The fourth-order valence-corrected chi connectivity index (χ4v) is 12.2. The van der Waals surface area contributed by atoms with E-state index in [9.17, 15) is 35.1 Å². The van der Waals surface area contributed by atoms with Crippen molar-refractivity contribution >= 4 is 11.9 Å². The Kier molecular flexibility index (Phi) is 63.9. The van der Waals surface area contributed by atoms with Gasteiger partial charge in [0.1, 0.15) is 24.4 Å². The monoisotopic (exact) mass is 1280 g/mol. The number of ether oxygens (including phenoxy) is 3. The molecule has 0 bridgehead atoms. The number of amides is 1. The first kappa shape index (κ1) is 86.4. The molecular formula is C80H147NO10. The van der Waals surface area contributed by atoms with Crippen LogP contribution in [0.5, 0.6) is 0 Å². The third kappa shape index (κ3) is 54.2. The molecule has 1 heterocycles. The van der Waals surface area contributed by atoms with Crippen molar-refractivity contribution in [3.8, 4) is 0 Å². The molecule has 0 aromatic heterocycles. The van der Waals surface area contributed by atoms with Crippen LogP contribution in [0.1, 0.15) is 374 Å². The highest BCUT2D eigenvalue weighted by molar-refractivity contribution is 5.80. The minimum Gasteiger partial charge on any atom is -0.454 e. The van der Waals surface area contributed by atoms with Gasteiger partial charge in [-0.15, -0.1) is 0 Å². The van der Waals surface area contributed by atoms with Gasteiger partial charge in [-0.05, 0) is 89.9 Å². The Labute approximate surface area is 560 Å². The number of unbranched alkanes of at least 4 members (excludes halogenated alkanes) is 46. The lowest BCUT2D eigenvalue weighted by Crippen LogP contribution is -2.61. The van der Waals surface area contributed by atoms with Crippen LogP contribution in [0.25, 0.3) is 0 Å². The molecule has 8 atom stereocenters. The van der Waals surface area contributed by atoms with Gasteiger partial charge in [0.2, 0.25) is 5.91 Å². The van der Waals surface area contributed by atoms with Crippen LogP contribution in [0, 0.1) is 0 Å². The zero-order chi connectivity index (χ0) is 66.0. The molecule has 1 saturated heterocycles. The van der Waals surface area contributed by atoms with Gasteiger partial charge in [-0.1, -0.05) is 338 Å². The normalized spacial score (nSPS) is 18.3. The second-order valence-electron chi connectivity index (χ2n) is 27.1. The molecule has 6 N–H and O–H groups in total. The minimum atomic E-state index is -1.62. The number of carbonyl (C=O) groups is 2. The predicted octanol–water partition coefficient (Wildman–Crippen LogP) is 20.9. The molecule has 532 valence electrons. The van der Waals surface area contributed by atoms with Crippen LogP contribution in [0.3, 0.4) is 0 Å². The van der Waals surface area contributed by atoms with E-state index in [-0.39, 0.29) is 13.0 Å². The molecule has 0 aliphatic carbocycles. The fourth-order valence-electron chi connectivity index (χ4n) is 12.2. The van der Waals surface area contributed by atoms with Crippen LogP contribution in [-0.2, 0) is 23.8 Å². The quantitative estimate of drug-likeness (QED) is 0.0195. The van der Waals surface area contributed by atoms with Crippen molar-refractivity contribution in [2.75, 3.05) is 13.2 Å². The first-order valence-corrected chi connectivity index (χ1v) is 39.1. The molecule has 1 aliphatic rings. The molecular weight excluding hydrogens is 1130 g/mol. The Balaban J connectivity index is 2.53. The number of hydrogen-bond acceptors (Lipinski definition) is 10. The van der Waals surface area contributed by atoms with E-state index in [2.05, 4.69) is 74.7 Å². The third-order valence-corrected chi connectivity index (χ3v) is 18.4. The molecule has 1 aliphatic heterocycles. The first-order chi connectivity index (χ1) is 44.7. The van der Waals surface area contributed by atoms with E-state index in [1.165, 1.54) is 257 Å². The van der Waals surface area contributed by atoms with Gasteiger partial charge in [0.25, 0.3) is 0 Å².